The summed E-state index contributed by atoms with van der Waals surface area (Å²) < 4.78 is 0. The van der Waals surface area contributed by atoms with Crippen LogP contribution in [0, 0.1) is 0 Å². The monoisotopic (exact) mass is 363 g/mol. The fourth-order valence-electron chi connectivity index (χ4n) is 2.39. The van der Waals surface area contributed by atoms with Crippen LogP contribution in [-0.4, -0.2) is 21.7 Å². The summed E-state index contributed by atoms with van der Waals surface area (Å²) in [5.41, 5.74) is 2.21. The average molecular weight is 363 g/mol. The van der Waals surface area contributed by atoms with Crippen LogP contribution in [0.25, 0.3) is 0 Å². The van der Waals surface area contributed by atoms with Crippen molar-refractivity contribution in [1.29, 1.82) is 0 Å². The van der Waals surface area contributed by atoms with Gasteiger partial charge in [-0.1, -0.05) is 30.3 Å². The van der Waals surface area contributed by atoms with Gasteiger partial charge in [-0.2, -0.15) is 0 Å². The zero-order chi connectivity index (χ0) is 18.4. The molecule has 6 heteroatoms. The minimum atomic E-state index is -0.164. The lowest BCUT2D eigenvalue weighted by Crippen LogP contribution is -2.07. The number of amides is 1. The van der Waals surface area contributed by atoms with Crippen molar-refractivity contribution in [2.75, 3.05) is 5.32 Å². The molecule has 0 atom stereocenters. The summed E-state index contributed by atoms with van der Waals surface area (Å²) in [6.45, 7) is 1.44. The first-order valence-corrected chi connectivity index (χ1v) is 9.02. The first kappa shape index (κ1) is 17.8. The summed E-state index contributed by atoms with van der Waals surface area (Å²) in [7, 11) is 0. The molecule has 3 rings (SSSR count). The summed E-state index contributed by atoms with van der Waals surface area (Å²) in [5.74, 6) is 0.913. The second-order valence-corrected chi connectivity index (χ2v) is 6.53. The van der Waals surface area contributed by atoms with Crippen molar-refractivity contribution in [3.8, 4) is 0 Å². The molecule has 0 saturated heterocycles. The molecule has 0 radical (unpaired) electrons. The number of aromatic nitrogens is 2. The fraction of sp³-hybridized carbons (Fsp3) is 0.100. The summed E-state index contributed by atoms with van der Waals surface area (Å²) >= 11 is 1.48. The number of ketones is 1. The molecule has 3 aromatic rings. The van der Waals surface area contributed by atoms with Crippen molar-refractivity contribution in [2.45, 2.75) is 17.7 Å². The maximum absolute atomic E-state index is 12.7. The van der Waals surface area contributed by atoms with E-state index < -0.39 is 0 Å². The number of carbonyl (C=O) groups is 2. The van der Waals surface area contributed by atoms with E-state index in [0.29, 0.717) is 27.7 Å². The maximum Gasteiger partial charge on any atom is 0.222 e. The molecule has 0 aliphatic carbocycles. The molecular weight excluding hydrogens is 346 g/mol. The molecule has 2 heterocycles. The van der Waals surface area contributed by atoms with E-state index in [2.05, 4.69) is 15.3 Å². The first-order valence-electron chi connectivity index (χ1n) is 8.03. The highest BCUT2D eigenvalue weighted by atomic mass is 32.2. The minimum Gasteiger partial charge on any atom is -0.311 e. The molecule has 0 saturated carbocycles. The topological polar surface area (TPSA) is 72.0 Å². The molecule has 0 aliphatic heterocycles. The molecule has 1 aromatic carbocycles. The van der Waals surface area contributed by atoms with Crippen LogP contribution in [0.5, 0.6) is 0 Å². The van der Waals surface area contributed by atoms with Crippen molar-refractivity contribution in [2.24, 2.45) is 0 Å². The lowest BCUT2D eigenvalue weighted by Gasteiger charge is -2.08. The van der Waals surface area contributed by atoms with Crippen molar-refractivity contribution in [1.82, 2.24) is 9.97 Å². The van der Waals surface area contributed by atoms with E-state index in [4.69, 9.17) is 0 Å². The van der Waals surface area contributed by atoms with Gasteiger partial charge < -0.3 is 5.32 Å². The number of anilines is 1. The zero-order valence-corrected chi connectivity index (χ0v) is 15.0. The van der Waals surface area contributed by atoms with Crippen LogP contribution in [-0.2, 0) is 10.5 Å². The second-order valence-electron chi connectivity index (χ2n) is 5.57. The van der Waals surface area contributed by atoms with Gasteiger partial charge in [0, 0.05) is 30.6 Å². The smallest absolute Gasteiger partial charge is 0.222 e. The van der Waals surface area contributed by atoms with E-state index in [1.807, 2.05) is 30.3 Å². The third-order valence-electron chi connectivity index (χ3n) is 3.56. The number of rotatable bonds is 6. The molecule has 0 bridgehead atoms. The Balaban J connectivity index is 1.77. The van der Waals surface area contributed by atoms with E-state index in [0.717, 1.165) is 5.56 Å². The van der Waals surface area contributed by atoms with Gasteiger partial charge in [0.1, 0.15) is 10.8 Å². The second kappa shape index (κ2) is 8.40. The lowest BCUT2D eigenvalue weighted by atomic mass is 10.1. The summed E-state index contributed by atoms with van der Waals surface area (Å²) in [6.07, 6.45) is 3.33. The molecule has 2 aromatic heterocycles. The van der Waals surface area contributed by atoms with Gasteiger partial charge in [0.25, 0.3) is 0 Å². The Kier molecular flexibility index (Phi) is 5.76. The van der Waals surface area contributed by atoms with Gasteiger partial charge in [-0.25, -0.2) is 9.97 Å². The number of benzene rings is 1. The Morgan fingerprint density at radius 2 is 1.81 bits per heavy atom. The van der Waals surface area contributed by atoms with Gasteiger partial charge in [0.05, 0.1) is 5.56 Å². The highest BCUT2D eigenvalue weighted by molar-refractivity contribution is 7.98. The Hall–Kier alpha value is -2.99. The molecular formula is C20H17N3O2S. The normalized spacial score (nSPS) is 10.3. The zero-order valence-electron chi connectivity index (χ0n) is 14.2. The number of hydrogen-bond acceptors (Lipinski definition) is 5. The van der Waals surface area contributed by atoms with E-state index in [9.17, 15) is 9.59 Å². The van der Waals surface area contributed by atoms with Crippen LogP contribution in [0.1, 0.15) is 28.4 Å². The highest BCUT2D eigenvalue weighted by Gasteiger charge is 2.14. The van der Waals surface area contributed by atoms with Crippen LogP contribution >= 0.6 is 11.8 Å². The predicted octanol–water partition coefficient (Wildman–Crippen LogP) is 3.96. The molecule has 26 heavy (non-hydrogen) atoms. The highest BCUT2D eigenvalue weighted by Crippen LogP contribution is 2.26. The molecule has 0 spiro atoms. The van der Waals surface area contributed by atoms with E-state index in [1.54, 1.807) is 36.7 Å². The quantitative estimate of drug-likeness (QED) is 0.530. The molecule has 130 valence electrons. The van der Waals surface area contributed by atoms with Crippen molar-refractivity contribution >= 4 is 29.3 Å². The average Bonchev–Trinajstić information content (AvgIpc) is 2.66. The van der Waals surface area contributed by atoms with Gasteiger partial charge >= 0.3 is 0 Å². The third kappa shape index (κ3) is 4.55. The predicted molar refractivity (Wildman–Crippen MR) is 102 cm³/mol. The number of nitrogens with zero attached hydrogens (tertiary/aromatic N) is 2. The molecule has 5 nitrogen and oxygen atoms in total. The number of nitrogens with one attached hydrogen (secondary N) is 1. The molecule has 1 N–H and O–H groups in total. The van der Waals surface area contributed by atoms with Crippen LogP contribution < -0.4 is 5.32 Å². The lowest BCUT2D eigenvalue weighted by molar-refractivity contribution is -0.114. The molecule has 0 aliphatic rings. The number of pyridine rings is 2. The first-order chi connectivity index (χ1) is 12.6. The SMILES string of the molecule is CC(=O)Nc1cc(CSc2ncccc2C(=O)c2ccccc2)ccn1. The Morgan fingerprint density at radius 1 is 1.00 bits per heavy atom. The summed E-state index contributed by atoms with van der Waals surface area (Å²) in [4.78, 5) is 32.4. The van der Waals surface area contributed by atoms with Crippen molar-refractivity contribution < 1.29 is 9.59 Å². The Morgan fingerprint density at radius 3 is 2.58 bits per heavy atom. The largest absolute Gasteiger partial charge is 0.311 e. The van der Waals surface area contributed by atoms with Gasteiger partial charge in [0.2, 0.25) is 5.91 Å². The minimum absolute atomic E-state index is 0.0464. The van der Waals surface area contributed by atoms with Gasteiger partial charge in [-0.15, -0.1) is 11.8 Å². The molecule has 0 unspecified atom stereocenters. The number of thioether (sulfide) groups is 1. The van der Waals surface area contributed by atoms with E-state index in [1.165, 1.54) is 18.7 Å². The fourth-order valence-corrected chi connectivity index (χ4v) is 3.32. The van der Waals surface area contributed by atoms with Gasteiger partial charge in [-0.3, -0.25) is 9.59 Å². The van der Waals surface area contributed by atoms with Crippen LogP contribution in [0.2, 0.25) is 0 Å². The van der Waals surface area contributed by atoms with Crippen LogP contribution in [0.3, 0.4) is 0 Å². The Labute approximate surface area is 155 Å². The summed E-state index contributed by atoms with van der Waals surface area (Å²) in [5, 5.41) is 3.35. The maximum atomic E-state index is 12.7. The van der Waals surface area contributed by atoms with Crippen LogP contribution in [0.15, 0.2) is 72.0 Å². The third-order valence-corrected chi connectivity index (χ3v) is 4.63. The number of carbonyl (C=O) groups excluding carboxylic acids is 2. The van der Waals surface area contributed by atoms with Gasteiger partial charge in [0.15, 0.2) is 5.78 Å². The molecule has 0 fully saturated rings. The number of hydrogen-bond donors (Lipinski definition) is 1. The van der Waals surface area contributed by atoms with Crippen molar-refractivity contribution in [3.05, 3.63) is 83.7 Å². The van der Waals surface area contributed by atoms with Crippen molar-refractivity contribution in [3.63, 3.8) is 0 Å². The van der Waals surface area contributed by atoms with E-state index in [-0.39, 0.29) is 11.7 Å². The van der Waals surface area contributed by atoms with E-state index >= 15 is 0 Å². The van der Waals surface area contributed by atoms with Crippen LogP contribution in [0.4, 0.5) is 5.82 Å². The molecule has 1 amide bonds. The standard InChI is InChI=1S/C20H17N3O2S/c1-14(24)23-18-12-15(9-11-21-18)13-26-20-17(8-5-10-22-20)19(25)16-6-3-2-4-7-16/h2-12H,13H2,1H3,(H,21,23,24). The summed E-state index contributed by atoms with van der Waals surface area (Å²) in [6, 6.07) is 16.4. The van der Waals surface area contributed by atoms with Gasteiger partial charge in [-0.05, 0) is 29.8 Å². The Bertz CT molecular complexity index is 929.